The molecule has 4 nitrogen and oxygen atoms in total. The Bertz CT molecular complexity index is 573. The fourth-order valence-corrected chi connectivity index (χ4v) is 2.70. The largest absolute Gasteiger partial charge is 0.496 e. The van der Waals surface area contributed by atoms with Crippen molar-refractivity contribution < 1.29 is 22.7 Å². The van der Waals surface area contributed by atoms with Crippen molar-refractivity contribution in [3.05, 3.63) is 29.8 Å². The second-order valence-electron chi connectivity index (χ2n) is 6.36. The molecule has 1 heterocycles. The van der Waals surface area contributed by atoms with Crippen LogP contribution in [0.2, 0.25) is 0 Å². The van der Waals surface area contributed by atoms with E-state index in [1.165, 1.54) is 7.11 Å². The maximum Gasteiger partial charge on any atom is 0.405 e. The molecule has 1 aliphatic rings. The molecule has 0 radical (unpaired) electrons. The van der Waals surface area contributed by atoms with Crippen LogP contribution in [0.15, 0.2) is 24.3 Å². The molecule has 1 saturated heterocycles. The average molecular weight is 330 g/mol. The number of nitrogens with zero attached hydrogens (tertiary/aromatic N) is 1. The highest BCUT2D eigenvalue weighted by molar-refractivity contribution is 5.83. The van der Waals surface area contributed by atoms with Crippen LogP contribution in [-0.4, -0.2) is 36.8 Å². The van der Waals surface area contributed by atoms with Crippen LogP contribution in [0.1, 0.15) is 25.8 Å². The molecule has 1 aromatic rings. The lowest BCUT2D eigenvalue weighted by Crippen LogP contribution is -2.50. The number of aryl methyl sites for hydroxylation is 1. The summed E-state index contributed by atoms with van der Waals surface area (Å²) in [6.45, 7) is 3.30. The number of nitrogens with one attached hydrogen (secondary N) is 1. The molecule has 1 fully saturated rings. The van der Waals surface area contributed by atoms with Crippen molar-refractivity contribution in [1.29, 1.82) is 0 Å². The molecule has 0 spiro atoms. The Morgan fingerprint density at radius 1 is 1.35 bits per heavy atom. The minimum absolute atomic E-state index is 0.0297. The summed E-state index contributed by atoms with van der Waals surface area (Å²) in [6.07, 6.45) is -4.36. The van der Waals surface area contributed by atoms with Crippen molar-refractivity contribution in [2.75, 3.05) is 13.7 Å². The van der Waals surface area contributed by atoms with Gasteiger partial charge in [-0.2, -0.15) is 13.2 Å². The van der Waals surface area contributed by atoms with E-state index in [0.717, 1.165) is 5.01 Å². The van der Waals surface area contributed by atoms with Gasteiger partial charge in [0, 0.05) is 6.54 Å². The first-order chi connectivity index (χ1) is 10.6. The third-order valence-electron chi connectivity index (χ3n) is 4.06. The molecular formula is C16H21F3N2O2. The SMILES string of the molecule is COc1ccccc1CC[C@H](N1CC(C)(C)C(=O)N1)C(F)(F)F. The zero-order chi connectivity index (χ0) is 17.3. The maximum atomic E-state index is 13.4. The number of hydrogen-bond acceptors (Lipinski definition) is 3. The van der Waals surface area contributed by atoms with Crippen LogP contribution < -0.4 is 10.2 Å². The lowest BCUT2D eigenvalue weighted by atomic mass is 9.94. The van der Waals surface area contributed by atoms with E-state index < -0.39 is 17.6 Å². The predicted molar refractivity (Wildman–Crippen MR) is 79.8 cm³/mol. The average Bonchev–Trinajstić information content (AvgIpc) is 2.71. The number of ether oxygens (including phenoxy) is 1. The molecule has 1 aromatic carbocycles. The number of carbonyl (C=O) groups excluding carboxylic acids is 1. The fourth-order valence-electron chi connectivity index (χ4n) is 2.70. The highest BCUT2D eigenvalue weighted by atomic mass is 19.4. The predicted octanol–water partition coefficient (Wildman–Crippen LogP) is 2.93. The van der Waals surface area contributed by atoms with Gasteiger partial charge in [0.1, 0.15) is 11.8 Å². The van der Waals surface area contributed by atoms with Gasteiger partial charge < -0.3 is 4.74 Å². The molecule has 1 aliphatic heterocycles. The van der Waals surface area contributed by atoms with Crippen molar-refractivity contribution in [3.8, 4) is 5.75 Å². The Labute approximate surface area is 133 Å². The smallest absolute Gasteiger partial charge is 0.405 e. The van der Waals surface area contributed by atoms with Gasteiger partial charge in [0.05, 0.1) is 12.5 Å². The summed E-state index contributed by atoms with van der Waals surface area (Å²) in [5, 5.41) is 1.01. The van der Waals surface area contributed by atoms with E-state index in [0.29, 0.717) is 11.3 Å². The topological polar surface area (TPSA) is 41.6 Å². The Balaban J connectivity index is 2.13. The van der Waals surface area contributed by atoms with Crippen LogP contribution >= 0.6 is 0 Å². The van der Waals surface area contributed by atoms with Gasteiger partial charge in [0.2, 0.25) is 5.91 Å². The highest BCUT2D eigenvalue weighted by Gasteiger charge is 2.49. The van der Waals surface area contributed by atoms with Crippen LogP contribution in [0.25, 0.3) is 0 Å². The third-order valence-corrected chi connectivity index (χ3v) is 4.06. The van der Waals surface area contributed by atoms with E-state index in [4.69, 9.17) is 4.74 Å². The van der Waals surface area contributed by atoms with E-state index >= 15 is 0 Å². The maximum absolute atomic E-state index is 13.4. The summed E-state index contributed by atoms with van der Waals surface area (Å²) in [5.41, 5.74) is 2.25. The van der Waals surface area contributed by atoms with Gasteiger partial charge in [0.25, 0.3) is 0 Å². The summed E-state index contributed by atoms with van der Waals surface area (Å²) in [7, 11) is 1.49. The lowest BCUT2D eigenvalue weighted by molar-refractivity contribution is -0.190. The van der Waals surface area contributed by atoms with Gasteiger partial charge >= 0.3 is 6.18 Å². The molecule has 1 amide bonds. The van der Waals surface area contributed by atoms with Gasteiger partial charge in [0.15, 0.2) is 0 Å². The van der Waals surface area contributed by atoms with E-state index in [-0.39, 0.29) is 25.3 Å². The third kappa shape index (κ3) is 3.96. The first-order valence-electron chi connectivity index (χ1n) is 7.41. The van der Waals surface area contributed by atoms with Gasteiger partial charge in [-0.3, -0.25) is 10.2 Å². The number of para-hydroxylation sites is 1. The van der Waals surface area contributed by atoms with Crippen molar-refractivity contribution >= 4 is 5.91 Å². The van der Waals surface area contributed by atoms with E-state index in [1.54, 1.807) is 38.1 Å². The molecule has 0 aromatic heterocycles. The number of amides is 1. The minimum atomic E-state index is -4.42. The Hall–Kier alpha value is -1.76. The van der Waals surface area contributed by atoms with Crippen molar-refractivity contribution in [1.82, 2.24) is 10.4 Å². The number of rotatable bonds is 5. The number of alkyl halides is 3. The molecule has 0 saturated carbocycles. The molecule has 0 bridgehead atoms. The van der Waals surface area contributed by atoms with Crippen LogP contribution in [0.5, 0.6) is 5.75 Å². The summed E-state index contributed by atoms with van der Waals surface area (Å²) in [4.78, 5) is 11.8. The van der Waals surface area contributed by atoms with E-state index in [2.05, 4.69) is 5.43 Å². The minimum Gasteiger partial charge on any atom is -0.496 e. The number of halogens is 3. The lowest BCUT2D eigenvalue weighted by Gasteiger charge is -2.29. The Kier molecular flexibility index (Phi) is 4.89. The summed E-state index contributed by atoms with van der Waals surface area (Å²) in [5.74, 6) is 0.184. The van der Waals surface area contributed by atoms with Crippen LogP contribution in [0, 0.1) is 5.41 Å². The first-order valence-corrected chi connectivity index (χ1v) is 7.41. The van der Waals surface area contributed by atoms with Crippen molar-refractivity contribution in [2.24, 2.45) is 5.41 Å². The summed E-state index contributed by atoms with van der Waals surface area (Å²) in [6, 6.07) is 5.28. The molecule has 0 unspecified atom stereocenters. The summed E-state index contributed by atoms with van der Waals surface area (Å²) >= 11 is 0. The van der Waals surface area contributed by atoms with Gasteiger partial charge in [-0.1, -0.05) is 18.2 Å². The van der Waals surface area contributed by atoms with Crippen molar-refractivity contribution in [3.63, 3.8) is 0 Å². The zero-order valence-corrected chi connectivity index (χ0v) is 13.4. The Morgan fingerprint density at radius 2 is 2.00 bits per heavy atom. The number of benzene rings is 1. The van der Waals surface area contributed by atoms with Crippen LogP contribution in [0.4, 0.5) is 13.2 Å². The number of methoxy groups -OCH3 is 1. The number of hydrogen-bond donors (Lipinski definition) is 1. The van der Waals surface area contributed by atoms with Crippen molar-refractivity contribution in [2.45, 2.75) is 38.9 Å². The van der Waals surface area contributed by atoms with E-state index in [9.17, 15) is 18.0 Å². The highest BCUT2D eigenvalue weighted by Crippen LogP contribution is 2.33. The molecule has 2 rings (SSSR count). The van der Waals surface area contributed by atoms with Gasteiger partial charge in [-0.05, 0) is 38.3 Å². The number of hydrazine groups is 1. The summed E-state index contributed by atoms with van der Waals surface area (Å²) < 4.78 is 45.4. The molecule has 7 heteroatoms. The van der Waals surface area contributed by atoms with Crippen LogP contribution in [0.3, 0.4) is 0 Å². The molecule has 128 valence electrons. The monoisotopic (exact) mass is 330 g/mol. The number of carbonyl (C=O) groups is 1. The molecule has 0 aliphatic carbocycles. The fraction of sp³-hybridized carbons (Fsp3) is 0.562. The molecular weight excluding hydrogens is 309 g/mol. The second-order valence-corrected chi connectivity index (χ2v) is 6.36. The van der Waals surface area contributed by atoms with E-state index in [1.807, 2.05) is 0 Å². The normalized spacial score (nSPS) is 19.5. The van der Waals surface area contributed by atoms with Crippen LogP contribution in [-0.2, 0) is 11.2 Å². The molecule has 1 N–H and O–H groups in total. The zero-order valence-electron chi connectivity index (χ0n) is 13.4. The molecule has 23 heavy (non-hydrogen) atoms. The van der Waals surface area contributed by atoms with Gasteiger partial charge in [-0.25, -0.2) is 5.01 Å². The first kappa shape index (κ1) is 17.6. The molecule has 1 atom stereocenters. The second kappa shape index (κ2) is 6.39. The Morgan fingerprint density at radius 3 is 2.52 bits per heavy atom. The van der Waals surface area contributed by atoms with Gasteiger partial charge in [-0.15, -0.1) is 0 Å². The standard InChI is InChI=1S/C16H21F3N2O2/c1-15(2)10-21(20-14(15)22)13(16(17,18)19)9-8-11-6-4-5-7-12(11)23-3/h4-7,13H,8-10H2,1-3H3,(H,20,22)/t13-/m0/s1. The quantitative estimate of drug-likeness (QED) is 0.902.